The fraction of sp³-hybridized carbons (Fsp3) is 0.385. The predicted octanol–water partition coefficient (Wildman–Crippen LogP) is 1.61. The molecule has 0 spiro atoms. The van der Waals surface area contributed by atoms with E-state index in [0.29, 0.717) is 23.5 Å². The van der Waals surface area contributed by atoms with Gasteiger partial charge in [-0.25, -0.2) is 4.98 Å². The summed E-state index contributed by atoms with van der Waals surface area (Å²) in [5, 5.41) is 0. The van der Waals surface area contributed by atoms with Crippen molar-refractivity contribution in [1.29, 1.82) is 0 Å². The predicted molar refractivity (Wildman–Crippen MR) is 69.1 cm³/mol. The number of nitrogens with zero attached hydrogens (tertiary/aromatic N) is 3. The Labute approximate surface area is 106 Å². The van der Waals surface area contributed by atoms with E-state index in [4.69, 9.17) is 4.74 Å². The lowest BCUT2D eigenvalue weighted by molar-refractivity contribution is 0.0820. The van der Waals surface area contributed by atoms with E-state index in [2.05, 4.69) is 4.98 Å². The van der Waals surface area contributed by atoms with Crippen molar-refractivity contribution in [3.63, 3.8) is 0 Å². The van der Waals surface area contributed by atoms with Gasteiger partial charge in [-0.05, 0) is 18.6 Å². The zero-order chi connectivity index (χ0) is 13.3. The number of rotatable bonds is 3. The molecule has 0 fully saturated rings. The van der Waals surface area contributed by atoms with Crippen LogP contribution in [0.25, 0.3) is 5.65 Å². The number of aromatic nitrogens is 2. The lowest BCUT2D eigenvalue weighted by Gasteiger charge is -2.11. The summed E-state index contributed by atoms with van der Waals surface area (Å²) in [7, 11) is 5.08. The first kappa shape index (κ1) is 12.4. The van der Waals surface area contributed by atoms with Crippen LogP contribution in [0, 0.1) is 0 Å². The molecule has 2 rings (SSSR count). The van der Waals surface area contributed by atoms with Crippen molar-refractivity contribution in [2.45, 2.75) is 13.3 Å². The summed E-state index contributed by atoms with van der Waals surface area (Å²) < 4.78 is 7.06. The van der Waals surface area contributed by atoms with Crippen LogP contribution in [0.5, 0.6) is 5.75 Å². The van der Waals surface area contributed by atoms with Crippen LogP contribution in [0.3, 0.4) is 0 Å². The molecule has 2 aromatic rings. The Bertz CT molecular complexity index is 587. The fourth-order valence-electron chi connectivity index (χ4n) is 1.93. The third-order valence-electron chi connectivity index (χ3n) is 2.85. The summed E-state index contributed by atoms with van der Waals surface area (Å²) in [4.78, 5) is 18.3. The molecule has 0 aliphatic rings. The Kier molecular flexibility index (Phi) is 3.23. The van der Waals surface area contributed by atoms with Gasteiger partial charge in [-0.3, -0.25) is 9.20 Å². The summed E-state index contributed by atoms with van der Waals surface area (Å²) in [6.45, 7) is 1.99. The second kappa shape index (κ2) is 4.68. The van der Waals surface area contributed by atoms with Gasteiger partial charge in [-0.2, -0.15) is 0 Å². The van der Waals surface area contributed by atoms with Gasteiger partial charge in [0.05, 0.1) is 12.8 Å². The standard InChI is InChI=1S/C13H17N3O2/c1-5-9-11(13(17)15(2)3)16-8-6-7-10(18-4)12(16)14-9/h6-8H,5H2,1-4H3. The van der Waals surface area contributed by atoms with E-state index in [1.165, 1.54) is 0 Å². The Hall–Kier alpha value is -2.04. The molecule has 0 radical (unpaired) electrons. The smallest absolute Gasteiger partial charge is 0.272 e. The topological polar surface area (TPSA) is 46.8 Å². The Morgan fingerprint density at radius 1 is 1.50 bits per heavy atom. The molecule has 0 saturated heterocycles. The molecule has 0 atom stereocenters. The van der Waals surface area contributed by atoms with Crippen LogP contribution in [-0.2, 0) is 6.42 Å². The number of methoxy groups -OCH3 is 1. The van der Waals surface area contributed by atoms with Gasteiger partial charge >= 0.3 is 0 Å². The highest BCUT2D eigenvalue weighted by Crippen LogP contribution is 2.22. The number of fused-ring (bicyclic) bond motifs is 1. The zero-order valence-corrected chi connectivity index (χ0v) is 11.1. The fourth-order valence-corrected chi connectivity index (χ4v) is 1.93. The van der Waals surface area contributed by atoms with Crippen LogP contribution in [0.15, 0.2) is 18.3 Å². The molecular weight excluding hydrogens is 230 g/mol. The number of carbonyl (C=O) groups excluding carboxylic acids is 1. The van der Waals surface area contributed by atoms with Crippen molar-refractivity contribution in [2.75, 3.05) is 21.2 Å². The second-order valence-electron chi connectivity index (χ2n) is 4.23. The highest BCUT2D eigenvalue weighted by molar-refractivity contribution is 5.94. The van der Waals surface area contributed by atoms with E-state index in [1.807, 2.05) is 25.3 Å². The molecule has 0 bridgehead atoms. The maximum Gasteiger partial charge on any atom is 0.272 e. The molecule has 5 nitrogen and oxygen atoms in total. The molecule has 0 saturated carbocycles. The third kappa shape index (κ3) is 1.81. The lowest BCUT2D eigenvalue weighted by Crippen LogP contribution is -2.24. The lowest BCUT2D eigenvalue weighted by atomic mass is 10.2. The quantitative estimate of drug-likeness (QED) is 0.827. The molecule has 0 aromatic carbocycles. The molecule has 96 valence electrons. The summed E-state index contributed by atoms with van der Waals surface area (Å²) >= 11 is 0. The first-order valence-corrected chi connectivity index (χ1v) is 5.85. The number of aryl methyl sites for hydroxylation is 1. The summed E-state index contributed by atoms with van der Waals surface area (Å²) in [6, 6.07) is 3.69. The number of carbonyl (C=O) groups is 1. The van der Waals surface area contributed by atoms with Gasteiger partial charge in [0, 0.05) is 20.3 Å². The minimum atomic E-state index is -0.0485. The van der Waals surface area contributed by atoms with Crippen LogP contribution in [-0.4, -0.2) is 41.4 Å². The van der Waals surface area contributed by atoms with Crippen molar-refractivity contribution in [3.05, 3.63) is 29.7 Å². The van der Waals surface area contributed by atoms with E-state index in [-0.39, 0.29) is 5.91 Å². The summed E-state index contributed by atoms with van der Waals surface area (Å²) in [5.41, 5.74) is 2.08. The zero-order valence-electron chi connectivity index (χ0n) is 11.1. The molecule has 1 amide bonds. The van der Waals surface area contributed by atoms with E-state index in [0.717, 1.165) is 5.69 Å². The first-order valence-electron chi connectivity index (χ1n) is 5.85. The molecule has 2 aromatic heterocycles. The van der Waals surface area contributed by atoms with E-state index < -0.39 is 0 Å². The van der Waals surface area contributed by atoms with Gasteiger partial charge in [0.1, 0.15) is 5.69 Å². The number of imidazole rings is 1. The summed E-state index contributed by atoms with van der Waals surface area (Å²) in [5.74, 6) is 0.623. The van der Waals surface area contributed by atoms with Crippen LogP contribution >= 0.6 is 0 Å². The normalized spacial score (nSPS) is 10.7. The highest BCUT2D eigenvalue weighted by atomic mass is 16.5. The molecule has 0 aliphatic carbocycles. The number of ether oxygens (including phenoxy) is 1. The molecule has 2 heterocycles. The molecule has 18 heavy (non-hydrogen) atoms. The van der Waals surface area contributed by atoms with E-state index >= 15 is 0 Å². The molecule has 0 aliphatic heterocycles. The SMILES string of the molecule is CCc1nc2c(OC)cccn2c1C(=O)N(C)C. The maximum absolute atomic E-state index is 12.2. The van der Waals surface area contributed by atoms with E-state index in [9.17, 15) is 4.79 Å². The van der Waals surface area contributed by atoms with Crippen molar-refractivity contribution < 1.29 is 9.53 Å². The summed E-state index contributed by atoms with van der Waals surface area (Å²) in [6.07, 6.45) is 2.54. The van der Waals surface area contributed by atoms with Gasteiger partial charge in [0.15, 0.2) is 11.4 Å². The Balaban J connectivity index is 2.74. The minimum absolute atomic E-state index is 0.0485. The van der Waals surface area contributed by atoms with Crippen LogP contribution in [0.1, 0.15) is 23.1 Å². The van der Waals surface area contributed by atoms with Crippen LogP contribution in [0.2, 0.25) is 0 Å². The number of hydrogen-bond acceptors (Lipinski definition) is 3. The molecule has 5 heteroatoms. The van der Waals surface area contributed by atoms with Crippen LogP contribution < -0.4 is 4.74 Å². The van der Waals surface area contributed by atoms with Gasteiger partial charge < -0.3 is 9.64 Å². The van der Waals surface area contributed by atoms with Crippen LogP contribution in [0.4, 0.5) is 0 Å². The van der Waals surface area contributed by atoms with E-state index in [1.54, 1.807) is 30.5 Å². The second-order valence-corrected chi connectivity index (χ2v) is 4.23. The Morgan fingerprint density at radius 2 is 2.22 bits per heavy atom. The van der Waals surface area contributed by atoms with Gasteiger partial charge in [-0.1, -0.05) is 6.92 Å². The van der Waals surface area contributed by atoms with Gasteiger partial charge in [0.25, 0.3) is 5.91 Å². The highest BCUT2D eigenvalue weighted by Gasteiger charge is 2.21. The molecule has 0 unspecified atom stereocenters. The monoisotopic (exact) mass is 247 g/mol. The largest absolute Gasteiger partial charge is 0.493 e. The van der Waals surface area contributed by atoms with Crippen molar-refractivity contribution in [3.8, 4) is 5.75 Å². The average Bonchev–Trinajstić information content (AvgIpc) is 2.75. The number of pyridine rings is 1. The molecule has 0 N–H and O–H groups in total. The average molecular weight is 247 g/mol. The Morgan fingerprint density at radius 3 is 2.78 bits per heavy atom. The third-order valence-corrected chi connectivity index (χ3v) is 2.85. The first-order chi connectivity index (χ1) is 8.60. The number of hydrogen-bond donors (Lipinski definition) is 0. The van der Waals surface area contributed by atoms with Gasteiger partial charge in [-0.15, -0.1) is 0 Å². The molecular formula is C13H17N3O2. The number of amides is 1. The van der Waals surface area contributed by atoms with Crippen molar-refractivity contribution >= 4 is 11.6 Å². The van der Waals surface area contributed by atoms with Crippen molar-refractivity contribution in [1.82, 2.24) is 14.3 Å². The van der Waals surface area contributed by atoms with Gasteiger partial charge in [0.2, 0.25) is 0 Å². The van der Waals surface area contributed by atoms with Crippen molar-refractivity contribution in [2.24, 2.45) is 0 Å². The maximum atomic E-state index is 12.2. The minimum Gasteiger partial charge on any atom is -0.493 e.